The van der Waals surface area contributed by atoms with E-state index in [0.717, 1.165) is 22.2 Å². The Balaban J connectivity index is 1.66. The van der Waals surface area contributed by atoms with Crippen LogP contribution in [0.1, 0.15) is 5.56 Å². The van der Waals surface area contributed by atoms with E-state index in [9.17, 15) is 9.59 Å². The zero-order chi connectivity index (χ0) is 19.0. The van der Waals surface area contributed by atoms with Gasteiger partial charge in [0.2, 0.25) is 6.79 Å². The van der Waals surface area contributed by atoms with Crippen LogP contribution in [-0.2, 0) is 4.79 Å². The molecule has 138 valence electrons. The second-order valence-corrected chi connectivity index (χ2v) is 6.66. The minimum atomic E-state index is -0.411. The highest BCUT2D eigenvalue weighted by atomic mass is 32.2. The molecule has 27 heavy (non-hydrogen) atoms. The lowest BCUT2D eigenvalue weighted by atomic mass is 10.2. The van der Waals surface area contributed by atoms with Crippen LogP contribution >= 0.6 is 11.8 Å². The summed E-state index contributed by atoms with van der Waals surface area (Å²) >= 11 is 0.874. The topological polar surface area (TPSA) is 74.3 Å². The van der Waals surface area contributed by atoms with E-state index in [1.807, 2.05) is 0 Å². The predicted octanol–water partition coefficient (Wildman–Crippen LogP) is 3.67. The Morgan fingerprint density at radius 3 is 2.63 bits per heavy atom. The Kier molecular flexibility index (Phi) is 4.41. The highest BCUT2D eigenvalue weighted by Crippen LogP contribution is 2.41. The van der Waals surface area contributed by atoms with E-state index in [-0.39, 0.29) is 6.79 Å². The van der Waals surface area contributed by atoms with Gasteiger partial charge in [-0.15, -0.1) is 0 Å². The Bertz CT molecular complexity index is 971. The first kappa shape index (κ1) is 17.3. The molecule has 0 bridgehead atoms. The highest BCUT2D eigenvalue weighted by Gasteiger charge is 2.38. The third-order valence-corrected chi connectivity index (χ3v) is 4.99. The minimum absolute atomic E-state index is 0.173. The maximum atomic E-state index is 12.9. The Labute approximate surface area is 159 Å². The number of anilines is 1. The normalized spacial score (nSPS) is 17.0. The van der Waals surface area contributed by atoms with Gasteiger partial charge in [0, 0.05) is 6.07 Å². The lowest BCUT2D eigenvalue weighted by molar-refractivity contribution is -0.113. The number of amides is 2. The first-order valence-electron chi connectivity index (χ1n) is 8.00. The number of methoxy groups -OCH3 is 2. The molecular formula is C19H15NO6S. The van der Waals surface area contributed by atoms with E-state index in [2.05, 4.69) is 0 Å². The second kappa shape index (κ2) is 6.88. The third-order valence-electron chi connectivity index (χ3n) is 4.12. The molecule has 2 aromatic rings. The van der Waals surface area contributed by atoms with Crippen molar-refractivity contribution in [2.75, 3.05) is 25.9 Å². The van der Waals surface area contributed by atoms with Gasteiger partial charge in [0.1, 0.15) is 11.5 Å². The van der Waals surface area contributed by atoms with Crippen molar-refractivity contribution in [1.82, 2.24) is 0 Å². The van der Waals surface area contributed by atoms with Crippen LogP contribution in [-0.4, -0.2) is 32.2 Å². The number of hydrogen-bond donors (Lipinski definition) is 0. The number of fused-ring (bicyclic) bond motifs is 1. The first-order valence-corrected chi connectivity index (χ1v) is 8.82. The summed E-state index contributed by atoms with van der Waals surface area (Å²) in [5.41, 5.74) is 1.11. The summed E-state index contributed by atoms with van der Waals surface area (Å²) in [4.78, 5) is 26.8. The van der Waals surface area contributed by atoms with Crippen LogP contribution in [0.3, 0.4) is 0 Å². The monoisotopic (exact) mass is 385 g/mol. The van der Waals surface area contributed by atoms with Gasteiger partial charge in [-0.25, -0.2) is 4.90 Å². The lowest BCUT2D eigenvalue weighted by Gasteiger charge is -2.16. The summed E-state index contributed by atoms with van der Waals surface area (Å²) < 4.78 is 21.1. The van der Waals surface area contributed by atoms with Crippen molar-refractivity contribution < 1.29 is 28.5 Å². The fraction of sp³-hybridized carbons (Fsp3) is 0.158. The molecule has 0 radical (unpaired) electrons. The molecule has 2 aliphatic rings. The summed E-state index contributed by atoms with van der Waals surface area (Å²) in [5.74, 6) is 1.80. The number of carbonyl (C=O) groups excluding carboxylic acids is 2. The van der Waals surface area contributed by atoms with Crippen LogP contribution in [0.2, 0.25) is 0 Å². The van der Waals surface area contributed by atoms with Gasteiger partial charge in [0.25, 0.3) is 11.1 Å². The van der Waals surface area contributed by atoms with Crippen LogP contribution in [0.4, 0.5) is 10.5 Å². The van der Waals surface area contributed by atoms with E-state index >= 15 is 0 Å². The standard InChI is InChI=1S/C19H15NO6S/c1-23-12-4-5-13(15(9-12)24-2)20-18(21)17(27-19(20)22)8-11-3-6-14-16(7-11)26-10-25-14/h3-9H,10H2,1-2H3/b17-8-. The molecule has 0 atom stereocenters. The van der Waals surface area contributed by atoms with Crippen LogP contribution in [0.5, 0.6) is 23.0 Å². The molecular weight excluding hydrogens is 370 g/mol. The molecule has 0 spiro atoms. The predicted molar refractivity (Wildman–Crippen MR) is 101 cm³/mol. The Morgan fingerprint density at radius 1 is 1.04 bits per heavy atom. The number of thioether (sulfide) groups is 1. The number of rotatable bonds is 4. The first-order chi connectivity index (χ1) is 13.1. The molecule has 2 heterocycles. The summed E-state index contributed by atoms with van der Waals surface area (Å²) in [6, 6.07) is 10.3. The summed E-state index contributed by atoms with van der Waals surface area (Å²) in [5, 5.41) is -0.393. The summed E-state index contributed by atoms with van der Waals surface area (Å²) in [6.07, 6.45) is 1.66. The van der Waals surface area contributed by atoms with E-state index in [1.54, 1.807) is 42.5 Å². The summed E-state index contributed by atoms with van der Waals surface area (Å²) in [7, 11) is 3.00. The van der Waals surface area contributed by atoms with Crippen molar-refractivity contribution in [3.05, 3.63) is 46.9 Å². The molecule has 1 saturated heterocycles. The fourth-order valence-electron chi connectivity index (χ4n) is 2.80. The van der Waals surface area contributed by atoms with Gasteiger partial charge in [0.15, 0.2) is 11.5 Å². The molecule has 4 rings (SSSR count). The van der Waals surface area contributed by atoms with Crippen molar-refractivity contribution in [3.8, 4) is 23.0 Å². The fourth-order valence-corrected chi connectivity index (χ4v) is 3.63. The molecule has 0 N–H and O–H groups in total. The molecule has 2 aromatic carbocycles. The van der Waals surface area contributed by atoms with E-state index in [4.69, 9.17) is 18.9 Å². The maximum Gasteiger partial charge on any atom is 0.298 e. The van der Waals surface area contributed by atoms with Crippen molar-refractivity contribution >= 4 is 34.7 Å². The van der Waals surface area contributed by atoms with Gasteiger partial charge in [0.05, 0.1) is 24.8 Å². The van der Waals surface area contributed by atoms with Gasteiger partial charge in [-0.1, -0.05) is 6.07 Å². The molecule has 1 fully saturated rings. The van der Waals surface area contributed by atoms with E-state index in [1.165, 1.54) is 14.2 Å². The third kappa shape index (κ3) is 3.08. The van der Waals surface area contributed by atoms with Gasteiger partial charge in [-0.2, -0.15) is 0 Å². The Hall–Kier alpha value is -3.13. The smallest absolute Gasteiger partial charge is 0.298 e. The second-order valence-electron chi connectivity index (χ2n) is 5.67. The molecule has 0 unspecified atom stereocenters. The maximum absolute atomic E-state index is 12.9. The van der Waals surface area contributed by atoms with Crippen molar-refractivity contribution in [1.29, 1.82) is 0 Å². The van der Waals surface area contributed by atoms with E-state index in [0.29, 0.717) is 33.6 Å². The molecule has 2 aliphatic heterocycles. The zero-order valence-corrected chi connectivity index (χ0v) is 15.4. The van der Waals surface area contributed by atoms with Crippen molar-refractivity contribution in [2.45, 2.75) is 0 Å². The number of carbonyl (C=O) groups is 2. The van der Waals surface area contributed by atoms with Gasteiger partial charge in [-0.3, -0.25) is 9.59 Å². The summed E-state index contributed by atoms with van der Waals surface area (Å²) in [6.45, 7) is 0.173. The number of nitrogens with zero attached hydrogens (tertiary/aromatic N) is 1. The van der Waals surface area contributed by atoms with Crippen molar-refractivity contribution in [2.24, 2.45) is 0 Å². The van der Waals surface area contributed by atoms with Crippen LogP contribution in [0.25, 0.3) is 6.08 Å². The van der Waals surface area contributed by atoms with Gasteiger partial charge < -0.3 is 18.9 Å². The van der Waals surface area contributed by atoms with Crippen LogP contribution < -0.4 is 23.8 Å². The largest absolute Gasteiger partial charge is 0.497 e. The quantitative estimate of drug-likeness (QED) is 0.744. The highest BCUT2D eigenvalue weighted by molar-refractivity contribution is 8.19. The number of imide groups is 1. The molecule has 0 aromatic heterocycles. The number of hydrogen-bond acceptors (Lipinski definition) is 7. The zero-order valence-electron chi connectivity index (χ0n) is 14.6. The van der Waals surface area contributed by atoms with Crippen LogP contribution in [0, 0.1) is 0 Å². The molecule has 0 aliphatic carbocycles. The van der Waals surface area contributed by atoms with Crippen LogP contribution in [0.15, 0.2) is 41.3 Å². The van der Waals surface area contributed by atoms with Crippen molar-refractivity contribution in [3.63, 3.8) is 0 Å². The average molecular weight is 385 g/mol. The Morgan fingerprint density at radius 2 is 1.85 bits per heavy atom. The SMILES string of the molecule is COc1ccc(N2C(=O)S/C(=C\c3ccc4c(c3)OCO4)C2=O)c(OC)c1. The molecule has 0 saturated carbocycles. The number of ether oxygens (including phenoxy) is 4. The molecule has 2 amide bonds. The minimum Gasteiger partial charge on any atom is -0.497 e. The van der Waals surface area contributed by atoms with Gasteiger partial charge in [-0.05, 0) is 47.7 Å². The average Bonchev–Trinajstić information content (AvgIpc) is 3.25. The molecule has 8 heteroatoms. The number of benzene rings is 2. The molecule has 7 nitrogen and oxygen atoms in total. The lowest BCUT2D eigenvalue weighted by Crippen LogP contribution is -2.28. The van der Waals surface area contributed by atoms with E-state index < -0.39 is 11.1 Å². The van der Waals surface area contributed by atoms with Gasteiger partial charge >= 0.3 is 0 Å².